The van der Waals surface area contributed by atoms with Crippen LogP contribution in [0.15, 0.2) is 72.8 Å². The average molecular weight is 257 g/mol. The van der Waals surface area contributed by atoms with Crippen LogP contribution < -0.4 is 5.32 Å². The molecule has 20 heavy (non-hydrogen) atoms. The van der Waals surface area contributed by atoms with Gasteiger partial charge >= 0.3 is 0 Å². The lowest BCUT2D eigenvalue weighted by Gasteiger charge is -2.11. The van der Waals surface area contributed by atoms with Crippen molar-refractivity contribution in [3.05, 3.63) is 83.9 Å². The monoisotopic (exact) mass is 257 g/mol. The Morgan fingerprint density at radius 3 is 2.30 bits per heavy atom. The maximum Gasteiger partial charge on any atom is 0.0426 e. The van der Waals surface area contributed by atoms with Crippen molar-refractivity contribution in [2.24, 2.45) is 0 Å². The maximum atomic E-state index is 3.54. The van der Waals surface area contributed by atoms with Gasteiger partial charge in [-0.1, -0.05) is 54.6 Å². The Hall–Kier alpha value is -2.54. The number of anilines is 2. The van der Waals surface area contributed by atoms with Gasteiger partial charge in [0.2, 0.25) is 0 Å². The van der Waals surface area contributed by atoms with Crippen LogP contribution in [0.1, 0.15) is 11.1 Å². The molecule has 0 saturated heterocycles. The quantitative estimate of drug-likeness (QED) is 0.532. The number of hydrogen-bond acceptors (Lipinski definition) is 1. The van der Waals surface area contributed by atoms with Gasteiger partial charge in [-0.3, -0.25) is 0 Å². The zero-order valence-corrected chi connectivity index (χ0v) is 11.1. The summed E-state index contributed by atoms with van der Waals surface area (Å²) < 4.78 is 0. The fraction of sp³-hybridized carbons (Fsp3) is 0.0526. The molecule has 0 amide bonds. The summed E-state index contributed by atoms with van der Waals surface area (Å²) in [6, 6.07) is 25.5. The minimum atomic E-state index is 1.02. The van der Waals surface area contributed by atoms with E-state index in [-0.39, 0.29) is 0 Å². The van der Waals surface area contributed by atoms with Gasteiger partial charge in [0.15, 0.2) is 0 Å². The van der Waals surface area contributed by atoms with E-state index in [0.29, 0.717) is 0 Å². The highest BCUT2D eigenvalue weighted by Gasteiger charge is 2.20. The lowest BCUT2D eigenvalue weighted by molar-refractivity contribution is 1.26. The van der Waals surface area contributed by atoms with Gasteiger partial charge in [-0.2, -0.15) is 0 Å². The molecule has 1 aliphatic rings. The molecule has 1 aliphatic carbocycles. The molecular formula is C19H15N. The fourth-order valence-corrected chi connectivity index (χ4v) is 2.95. The molecule has 0 unspecified atom stereocenters. The van der Waals surface area contributed by atoms with Crippen molar-refractivity contribution in [1.29, 1.82) is 0 Å². The Kier molecular flexibility index (Phi) is 2.56. The van der Waals surface area contributed by atoms with E-state index in [9.17, 15) is 0 Å². The van der Waals surface area contributed by atoms with Gasteiger partial charge in [-0.25, -0.2) is 0 Å². The Balaban J connectivity index is 1.78. The van der Waals surface area contributed by atoms with Crippen molar-refractivity contribution in [1.82, 2.24) is 0 Å². The van der Waals surface area contributed by atoms with Gasteiger partial charge < -0.3 is 5.32 Å². The smallest absolute Gasteiger partial charge is 0.0426 e. The molecule has 0 bridgehead atoms. The molecule has 1 nitrogen and oxygen atoms in total. The van der Waals surface area contributed by atoms with Crippen LogP contribution in [0.5, 0.6) is 0 Å². The molecule has 0 aromatic heterocycles. The van der Waals surface area contributed by atoms with Gasteiger partial charge in [0.05, 0.1) is 0 Å². The summed E-state index contributed by atoms with van der Waals surface area (Å²) in [5, 5.41) is 3.54. The number of fused-ring (bicyclic) bond motifs is 3. The minimum absolute atomic E-state index is 1.02. The molecule has 96 valence electrons. The summed E-state index contributed by atoms with van der Waals surface area (Å²) in [4.78, 5) is 0. The molecule has 4 rings (SSSR count). The average Bonchev–Trinajstić information content (AvgIpc) is 2.88. The first kappa shape index (κ1) is 11.3. The molecule has 0 saturated carbocycles. The van der Waals surface area contributed by atoms with Gasteiger partial charge in [0, 0.05) is 17.8 Å². The summed E-state index contributed by atoms with van der Waals surface area (Å²) in [5.41, 5.74) is 7.91. The Bertz CT molecular complexity index is 760. The van der Waals surface area contributed by atoms with E-state index < -0.39 is 0 Å². The Labute approximate surface area is 118 Å². The zero-order chi connectivity index (χ0) is 13.4. The fourth-order valence-electron chi connectivity index (χ4n) is 2.95. The molecule has 0 atom stereocenters. The number of para-hydroxylation sites is 1. The summed E-state index contributed by atoms with van der Waals surface area (Å²) in [7, 11) is 0. The van der Waals surface area contributed by atoms with Crippen molar-refractivity contribution in [2.75, 3.05) is 5.32 Å². The van der Waals surface area contributed by atoms with Crippen LogP contribution in [0.25, 0.3) is 11.1 Å². The van der Waals surface area contributed by atoms with Gasteiger partial charge in [0.1, 0.15) is 0 Å². The molecule has 0 aliphatic heterocycles. The highest BCUT2D eigenvalue weighted by molar-refractivity contribution is 5.83. The van der Waals surface area contributed by atoms with Crippen LogP contribution in [0.3, 0.4) is 0 Å². The standard InChI is InChI=1S/C19H15N/c1-2-8-15(9-3-1)20-19-12-6-11-17-16-10-5-4-7-14(16)13-18(17)19/h1-12,20H,13H2. The summed E-state index contributed by atoms with van der Waals surface area (Å²) in [6.45, 7) is 0. The van der Waals surface area contributed by atoms with Gasteiger partial charge in [-0.15, -0.1) is 0 Å². The number of rotatable bonds is 2. The van der Waals surface area contributed by atoms with Crippen molar-refractivity contribution >= 4 is 11.4 Å². The summed E-state index contributed by atoms with van der Waals surface area (Å²) >= 11 is 0. The normalized spacial score (nSPS) is 11.8. The topological polar surface area (TPSA) is 12.0 Å². The van der Waals surface area contributed by atoms with E-state index in [0.717, 1.165) is 12.1 Å². The van der Waals surface area contributed by atoms with Crippen LogP contribution in [0.2, 0.25) is 0 Å². The highest BCUT2D eigenvalue weighted by atomic mass is 14.9. The van der Waals surface area contributed by atoms with E-state index in [1.54, 1.807) is 0 Å². The largest absolute Gasteiger partial charge is 0.355 e. The molecule has 0 heterocycles. The van der Waals surface area contributed by atoms with Crippen LogP contribution in [-0.2, 0) is 6.42 Å². The third-order valence-corrected chi connectivity index (χ3v) is 3.90. The summed E-state index contributed by atoms with van der Waals surface area (Å²) in [6.07, 6.45) is 1.02. The second-order valence-electron chi connectivity index (χ2n) is 5.16. The number of nitrogens with one attached hydrogen (secondary N) is 1. The van der Waals surface area contributed by atoms with E-state index in [2.05, 4.69) is 72.0 Å². The first-order chi connectivity index (χ1) is 9.92. The van der Waals surface area contributed by atoms with Crippen LogP contribution in [0.4, 0.5) is 11.4 Å². The third kappa shape index (κ3) is 1.79. The van der Waals surface area contributed by atoms with Crippen molar-refractivity contribution in [2.45, 2.75) is 6.42 Å². The van der Waals surface area contributed by atoms with Gasteiger partial charge in [0.25, 0.3) is 0 Å². The maximum absolute atomic E-state index is 3.54. The zero-order valence-electron chi connectivity index (χ0n) is 11.1. The molecule has 0 fully saturated rings. The number of hydrogen-bond donors (Lipinski definition) is 1. The summed E-state index contributed by atoms with van der Waals surface area (Å²) in [5.74, 6) is 0. The predicted molar refractivity (Wildman–Crippen MR) is 84.4 cm³/mol. The molecule has 3 aromatic carbocycles. The second-order valence-corrected chi connectivity index (χ2v) is 5.16. The minimum Gasteiger partial charge on any atom is -0.355 e. The van der Waals surface area contributed by atoms with Crippen molar-refractivity contribution in [3.63, 3.8) is 0 Å². The van der Waals surface area contributed by atoms with Crippen LogP contribution in [0, 0.1) is 0 Å². The molecular weight excluding hydrogens is 242 g/mol. The van der Waals surface area contributed by atoms with E-state index in [4.69, 9.17) is 0 Å². The SMILES string of the molecule is c1ccc(Nc2cccc3c2Cc2ccccc2-3)cc1. The Morgan fingerprint density at radius 2 is 1.40 bits per heavy atom. The first-order valence-corrected chi connectivity index (χ1v) is 6.94. The van der Waals surface area contributed by atoms with Crippen molar-refractivity contribution in [3.8, 4) is 11.1 Å². The first-order valence-electron chi connectivity index (χ1n) is 6.94. The third-order valence-electron chi connectivity index (χ3n) is 3.90. The molecule has 1 heteroatoms. The van der Waals surface area contributed by atoms with Crippen LogP contribution >= 0.6 is 0 Å². The van der Waals surface area contributed by atoms with Crippen molar-refractivity contribution < 1.29 is 0 Å². The molecule has 1 N–H and O–H groups in total. The lowest BCUT2D eigenvalue weighted by Crippen LogP contribution is -1.94. The van der Waals surface area contributed by atoms with E-state index >= 15 is 0 Å². The number of benzene rings is 3. The van der Waals surface area contributed by atoms with Gasteiger partial charge in [-0.05, 0) is 40.5 Å². The molecule has 0 spiro atoms. The Morgan fingerprint density at radius 1 is 0.650 bits per heavy atom. The molecule has 3 aromatic rings. The highest BCUT2D eigenvalue weighted by Crippen LogP contribution is 2.40. The molecule has 0 radical (unpaired) electrons. The lowest BCUT2D eigenvalue weighted by atomic mass is 10.0. The van der Waals surface area contributed by atoms with E-state index in [1.165, 1.54) is 27.9 Å². The van der Waals surface area contributed by atoms with Crippen LogP contribution in [-0.4, -0.2) is 0 Å². The predicted octanol–water partition coefficient (Wildman–Crippen LogP) is 5.00. The van der Waals surface area contributed by atoms with E-state index in [1.807, 2.05) is 6.07 Å². The second kappa shape index (κ2) is 4.53.